The van der Waals surface area contributed by atoms with Crippen molar-refractivity contribution in [3.63, 3.8) is 0 Å². The minimum Gasteiger partial charge on any atom is -0.390 e. The van der Waals surface area contributed by atoms with Crippen molar-refractivity contribution in [3.8, 4) is 0 Å². The quantitative estimate of drug-likeness (QED) is 0.789. The molecule has 2 aromatic rings. The predicted octanol–water partition coefficient (Wildman–Crippen LogP) is 0.737. The molecule has 0 saturated heterocycles. The molecule has 0 saturated carbocycles. The number of pyridine rings is 1. The van der Waals surface area contributed by atoms with Crippen LogP contribution in [0.2, 0.25) is 0 Å². The topological polar surface area (TPSA) is 63.0 Å². The lowest BCUT2D eigenvalue weighted by molar-refractivity contribution is 0.146. The van der Waals surface area contributed by atoms with Gasteiger partial charge in [-0.05, 0) is 30.2 Å². The minimum atomic E-state index is -0.438. The third-order valence-corrected chi connectivity index (χ3v) is 2.79. The summed E-state index contributed by atoms with van der Waals surface area (Å²) < 4.78 is 1.73. The molecular weight excluding hydrogens is 228 g/mol. The molecule has 2 N–H and O–H groups in total. The van der Waals surface area contributed by atoms with Gasteiger partial charge in [-0.2, -0.15) is 5.10 Å². The fourth-order valence-corrected chi connectivity index (χ4v) is 1.76. The molecule has 0 aliphatic rings. The van der Waals surface area contributed by atoms with Gasteiger partial charge >= 0.3 is 0 Å². The molecule has 0 fully saturated rings. The van der Waals surface area contributed by atoms with E-state index in [1.54, 1.807) is 17.1 Å². The van der Waals surface area contributed by atoms with Gasteiger partial charge in [0.25, 0.3) is 0 Å². The van der Waals surface area contributed by atoms with Crippen LogP contribution in [0.4, 0.5) is 0 Å². The maximum Gasteiger partial charge on any atom is 0.0860 e. The average Bonchev–Trinajstić information content (AvgIpc) is 2.84. The van der Waals surface area contributed by atoms with Gasteiger partial charge in [0, 0.05) is 37.9 Å². The second-order valence-electron chi connectivity index (χ2n) is 4.31. The van der Waals surface area contributed by atoms with Crippen LogP contribution in [0.25, 0.3) is 0 Å². The van der Waals surface area contributed by atoms with Crippen LogP contribution in [0.5, 0.6) is 0 Å². The summed E-state index contributed by atoms with van der Waals surface area (Å²) in [5.74, 6) is 0. The molecule has 1 unspecified atom stereocenters. The van der Waals surface area contributed by atoms with Crippen molar-refractivity contribution in [3.05, 3.63) is 48.0 Å². The Morgan fingerprint density at radius 1 is 1.44 bits per heavy atom. The van der Waals surface area contributed by atoms with Gasteiger partial charge in [-0.3, -0.25) is 9.67 Å². The van der Waals surface area contributed by atoms with Gasteiger partial charge < -0.3 is 10.4 Å². The Kier molecular flexibility index (Phi) is 4.44. The number of aliphatic hydroxyl groups excluding tert-OH is 1. The first-order valence-electron chi connectivity index (χ1n) is 6.01. The van der Waals surface area contributed by atoms with E-state index in [0.29, 0.717) is 13.1 Å². The molecule has 0 amide bonds. The van der Waals surface area contributed by atoms with E-state index in [4.69, 9.17) is 0 Å². The Morgan fingerprint density at radius 2 is 2.33 bits per heavy atom. The van der Waals surface area contributed by atoms with Crippen molar-refractivity contribution in [2.75, 3.05) is 6.54 Å². The second kappa shape index (κ2) is 6.28. The first kappa shape index (κ1) is 12.7. The Bertz CT molecular complexity index is 470. The SMILES string of the molecule is Cc1cnccc1CNCC(O)Cn1cccn1. The monoisotopic (exact) mass is 246 g/mol. The third-order valence-electron chi connectivity index (χ3n) is 2.79. The minimum absolute atomic E-state index is 0.438. The summed E-state index contributed by atoms with van der Waals surface area (Å²) in [7, 11) is 0. The van der Waals surface area contributed by atoms with Crippen molar-refractivity contribution in [1.82, 2.24) is 20.1 Å². The van der Waals surface area contributed by atoms with Gasteiger partial charge in [0.05, 0.1) is 12.6 Å². The summed E-state index contributed by atoms with van der Waals surface area (Å²) in [6.07, 6.45) is 6.74. The zero-order chi connectivity index (χ0) is 12.8. The number of aromatic nitrogens is 3. The number of nitrogens with one attached hydrogen (secondary N) is 1. The zero-order valence-electron chi connectivity index (χ0n) is 10.5. The highest BCUT2D eigenvalue weighted by Gasteiger charge is 2.05. The summed E-state index contributed by atoms with van der Waals surface area (Å²) in [4.78, 5) is 4.05. The second-order valence-corrected chi connectivity index (χ2v) is 4.31. The highest BCUT2D eigenvalue weighted by molar-refractivity contribution is 5.21. The molecule has 0 bridgehead atoms. The van der Waals surface area contributed by atoms with E-state index >= 15 is 0 Å². The van der Waals surface area contributed by atoms with Gasteiger partial charge in [0.1, 0.15) is 0 Å². The fourth-order valence-electron chi connectivity index (χ4n) is 1.76. The molecule has 2 heterocycles. The van der Waals surface area contributed by atoms with E-state index in [9.17, 15) is 5.11 Å². The molecule has 18 heavy (non-hydrogen) atoms. The van der Waals surface area contributed by atoms with E-state index in [1.807, 2.05) is 31.5 Å². The van der Waals surface area contributed by atoms with Gasteiger partial charge in [-0.15, -0.1) is 0 Å². The Balaban J connectivity index is 1.74. The fraction of sp³-hybridized carbons (Fsp3) is 0.385. The third kappa shape index (κ3) is 3.65. The van der Waals surface area contributed by atoms with Crippen molar-refractivity contribution in [2.45, 2.75) is 26.1 Å². The van der Waals surface area contributed by atoms with E-state index in [2.05, 4.69) is 15.4 Å². The predicted molar refractivity (Wildman–Crippen MR) is 68.9 cm³/mol. The number of nitrogens with zero attached hydrogens (tertiary/aromatic N) is 3. The van der Waals surface area contributed by atoms with Crippen LogP contribution in [0, 0.1) is 6.92 Å². The molecule has 0 aromatic carbocycles. The molecule has 1 atom stereocenters. The maximum absolute atomic E-state index is 9.83. The number of aryl methyl sites for hydroxylation is 1. The van der Waals surface area contributed by atoms with Crippen LogP contribution in [0.3, 0.4) is 0 Å². The Morgan fingerprint density at radius 3 is 3.06 bits per heavy atom. The first-order valence-corrected chi connectivity index (χ1v) is 6.01. The lowest BCUT2D eigenvalue weighted by atomic mass is 10.1. The molecule has 0 radical (unpaired) electrons. The normalized spacial score (nSPS) is 12.6. The van der Waals surface area contributed by atoms with Crippen LogP contribution < -0.4 is 5.32 Å². The smallest absolute Gasteiger partial charge is 0.0860 e. The van der Waals surface area contributed by atoms with Crippen LogP contribution in [-0.2, 0) is 13.1 Å². The summed E-state index contributed by atoms with van der Waals surface area (Å²) in [5, 5.41) is 17.1. The highest BCUT2D eigenvalue weighted by atomic mass is 16.3. The standard InChI is InChI=1S/C13H18N4O/c1-11-7-14-5-3-12(11)8-15-9-13(18)10-17-6-2-4-16-17/h2-7,13,15,18H,8-10H2,1H3. The summed E-state index contributed by atoms with van der Waals surface area (Å²) in [6, 6.07) is 3.84. The van der Waals surface area contributed by atoms with Crippen molar-refractivity contribution in [2.24, 2.45) is 0 Å². The lowest BCUT2D eigenvalue weighted by Crippen LogP contribution is -2.30. The Hall–Kier alpha value is -1.72. The van der Waals surface area contributed by atoms with Crippen molar-refractivity contribution in [1.29, 1.82) is 0 Å². The molecule has 2 aromatic heterocycles. The van der Waals surface area contributed by atoms with Crippen LogP contribution in [-0.4, -0.2) is 32.5 Å². The van der Waals surface area contributed by atoms with E-state index in [1.165, 1.54) is 5.56 Å². The largest absolute Gasteiger partial charge is 0.390 e. The number of hydrogen-bond donors (Lipinski definition) is 2. The van der Waals surface area contributed by atoms with Crippen molar-refractivity contribution >= 4 is 0 Å². The molecule has 5 heteroatoms. The van der Waals surface area contributed by atoms with Gasteiger partial charge in [0.15, 0.2) is 0 Å². The molecule has 5 nitrogen and oxygen atoms in total. The molecule has 2 rings (SSSR count). The number of rotatable bonds is 6. The molecule has 0 aliphatic carbocycles. The highest BCUT2D eigenvalue weighted by Crippen LogP contribution is 2.04. The lowest BCUT2D eigenvalue weighted by Gasteiger charge is -2.12. The molecule has 0 spiro atoms. The van der Waals surface area contributed by atoms with Crippen molar-refractivity contribution < 1.29 is 5.11 Å². The van der Waals surface area contributed by atoms with E-state index in [0.717, 1.165) is 12.1 Å². The molecule has 0 aliphatic heterocycles. The number of aliphatic hydroxyl groups is 1. The van der Waals surface area contributed by atoms with Crippen LogP contribution in [0.15, 0.2) is 36.9 Å². The number of hydrogen-bond acceptors (Lipinski definition) is 4. The maximum atomic E-state index is 9.83. The van der Waals surface area contributed by atoms with Crippen LogP contribution in [0.1, 0.15) is 11.1 Å². The average molecular weight is 246 g/mol. The Labute approximate surface area is 106 Å². The first-order chi connectivity index (χ1) is 8.75. The van der Waals surface area contributed by atoms with Gasteiger partial charge in [0.2, 0.25) is 0 Å². The van der Waals surface area contributed by atoms with Crippen LogP contribution >= 0.6 is 0 Å². The van der Waals surface area contributed by atoms with E-state index < -0.39 is 6.10 Å². The molecule has 96 valence electrons. The summed E-state index contributed by atoms with van der Waals surface area (Å²) >= 11 is 0. The van der Waals surface area contributed by atoms with Gasteiger partial charge in [-0.25, -0.2) is 0 Å². The van der Waals surface area contributed by atoms with E-state index in [-0.39, 0.29) is 0 Å². The van der Waals surface area contributed by atoms with Gasteiger partial charge in [-0.1, -0.05) is 0 Å². The summed E-state index contributed by atoms with van der Waals surface area (Å²) in [6.45, 7) is 3.83. The zero-order valence-corrected chi connectivity index (χ0v) is 10.5. The molecular formula is C13H18N4O. The summed E-state index contributed by atoms with van der Waals surface area (Å²) in [5.41, 5.74) is 2.36.